The lowest BCUT2D eigenvalue weighted by atomic mass is 9.83. The monoisotopic (exact) mass is 444 g/mol. The number of methoxy groups -OCH3 is 2. The molecule has 1 aliphatic carbocycles. The van der Waals surface area contributed by atoms with E-state index >= 15 is 0 Å². The molecule has 0 aromatic heterocycles. The quantitative estimate of drug-likeness (QED) is 0.469. The van der Waals surface area contributed by atoms with Crippen molar-refractivity contribution >= 4 is 23.2 Å². The Kier molecular flexibility index (Phi) is 6.24. The van der Waals surface area contributed by atoms with Gasteiger partial charge in [-0.25, -0.2) is 0 Å². The van der Waals surface area contributed by atoms with Crippen molar-refractivity contribution in [3.63, 3.8) is 0 Å². The topological polar surface area (TPSA) is 84.9 Å². The first-order valence-electron chi connectivity index (χ1n) is 10.4. The lowest BCUT2D eigenvalue weighted by Crippen LogP contribution is -2.31. The second-order valence-corrected chi connectivity index (χ2v) is 7.81. The number of amides is 1. The van der Waals surface area contributed by atoms with Crippen LogP contribution in [-0.2, 0) is 11.3 Å². The van der Waals surface area contributed by atoms with Gasteiger partial charge in [0.2, 0.25) is 5.91 Å². The van der Waals surface area contributed by atoms with Gasteiger partial charge in [-0.15, -0.1) is 0 Å². The third-order valence-corrected chi connectivity index (χ3v) is 5.56. The molecule has 0 heterocycles. The number of anilines is 1. The van der Waals surface area contributed by atoms with Crippen molar-refractivity contribution in [2.24, 2.45) is 0 Å². The number of benzene rings is 3. The van der Waals surface area contributed by atoms with Gasteiger partial charge in [-0.2, -0.15) is 0 Å². The zero-order valence-electron chi connectivity index (χ0n) is 18.7. The maximum absolute atomic E-state index is 13.1. The van der Waals surface area contributed by atoms with Crippen LogP contribution in [-0.4, -0.2) is 50.2 Å². The van der Waals surface area contributed by atoms with E-state index < -0.39 is 0 Å². The summed E-state index contributed by atoms with van der Waals surface area (Å²) in [5, 5.41) is 2.81. The normalized spacial score (nSPS) is 12.2. The highest BCUT2D eigenvalue weighted by Gasteiger charge is 2.31. The number of para-hydroxylation sites is 1. The van der Waals surface area contributed by atoms with Crippen LogP contribution in [0.15, 0.2) is 60.7 Å². The average Bonchev–Trinajstić information content (AvgIpc) is 2.82. The van der Waals surface area contributed by atoms with Gasteiger partial charge >= 0.3 is 0 Å². The summed E-state index contributed by atoms with van der Waals surface area (Å²) in [4.78, 5) is 40.6. The second kappa shape index (κ2) is 9.26. The molecule has 168 valence electrons. The SMILES string of the molecule is COc1cccc(CN(C)CC(=O)Nc2cccc3c2C(=O)c2ccccc2C3=O)c1OC. The Balaban J connectivity index is 1.52. The molecular formula is C26H24N2O5. The van der Waals surface area contributed by atoms with Crippen molar-refractivity contribution in [1.82, 2.24) is 4.90 Å². The van der Waals surface area contributed by atoms with E-state index in [1.54, 1.807) is 56.7 Å². The molecule has 0 saturated heterocycles. The molecule has 0 saturated carbocycles. The molecule has 1 aliphatic rings. The van der Waals surface area contributed by atoms with Crippen LogP contribution in [0.2, 0.25) is 0 Å². The number of nitrogens with one attached hydrogen (secondary N) is 1. The predicted molar refractivity (Wildman–Crippen MR) is 124 cm³/mol. The Morgan fingerprint density at radius 1 is 0.848 bits per heavy atom. The summed E-state index contributed by atoms with van der Waals surface area (Å²) in [6.07, 6.45) is 0. The highest BCUT2D eigenvalue weighted by molar-refractivity contribution is 6.30. The van der Waals surface area contributed by atoms with Gasteiger partial charge in [0.25, 0.3) is 0 Å². The fourth-order valence-corrected chi connectivity index (χ4v) is 4.11. The largest absolute Gasteiger partial charge is 0.493 e. The van der Waals surface area contributed by atoms with Gasteiger partial charge < -0.3 is 14.8 Å². The van der Waals surface area contributed by atoms with Crippen molar-refractivity contribution in [3.05, 3.63) is 88.5 Å². The van der Waals surface area contributed by atoms with E-state index in [9.17, 15) is 14.4 Å². The minimum absolute atomic E-state index is 0.0722. The summed E-state index contributed by atoms with van der Waals surface area (Å²) in [5.41, 5.74) is 2.46. The number of ether oxygens (including phenoxy) is 2. The summed E-state index contributed by atoms with van der Waals surface area (Å²) in [6.45, 7) is 0.522. The molecule has 0 fully saturated rings. The Morgan fingerprint density at radius 2 is 1.52 bits per heavy atom. The molecule has 0 spiro atoms. The van der Waals surface area contributed by atoms with Gasteiger partial charge in [0.05, 0.1) is 32.0 Å². The highest BCUT2D eigenvalue weighted by Crippen LogP contribution is 2.33. The molecule has 0 aliphatic heterocycles. The van der Waals surface area contributed by atoms with Crippen LogP contribution in [0.1, 0.15) is 37.4 Å². The third-order valence-electron chi connectivity index (χ3n) is 5.56. The molecule has 0 unspecified atom stereocenters. The van der Waals surface area contributed by atoms with Crippen molar-refractivity contribution in [2.45, 2.75) is 6.54 Å². The van der Waals surface area contributed by atoms with Crippen LogP contribution in [0, 0.1) is 0 Å². The van der Waals surface area contributed by atoms with Crippen LogP contribution in [0.5, 0.6) is 11.5 Å². The lowest BCUT2D eigenvalue weighted by molar-refractivity contribution is -0.117. The Morgan fingerprint density at radius 3 is 2.21 bits per heavy atom. The molecule has 0 atom stereocenters. The predicted octanol–water partition coefficient (Wildman–Crippen LogP) is 3.55. The molecule has 3 aromatic carbocycles. The van der Waals surface area contributed by atoms with E-state index in [0.717, 1.165) is 5.56 Å². The van der Waals surface area contributed by atoms with E-state index in [1.807, 2.05) is 30.1 Å². The van der Waals surface area contributed by atoms with Crippen molar-refractivity contribution in [2.75, 3.05) is 33.1 Å². The van der Waals surface area contributed by atoms with E-state index in [4.69, 9.17) is 9.47 Å². The molecule has 1 N–H and O–H groups in total. The molecule has 1 amide bonds. The molecule has 4 rings (SSSR count). The maximum Gasteiger partial charge on any atom is 0.238 e. The summed E-state index contributed by atoms with van der Waals surface area (Å²) in [6, 6.07) is 17.2. The first-order valence-corrected chi connectivity index (χ1v) is 10.4. The second-order valence-electron chi connectivity index (χ2n) is 7.81. The summed E-state index contributed by atoms with van der Waals surface area (Å²) in [5.74, 6) is 0.440. The van der Waals surface area contributed by atoms with Crippen LogP contribution in [0.3, 0.4) is 0 Å². The molecule has 7 nitrogen and oxygen atoms in total. The third kappa shape index (κ3) is 4.23. The fourth-order valence-electron chi connectivity index (χ4n) is 4.11. The molecule has 3 aromatic rings. The lowest BCUT2D eigenvalue weighted by Gasteiger charge is -2.22. The number of ketones is 2. The number of hydrogen-bond acceptors (Lipinski definition) is 6. The highest BCUT2D eigenvalue weighted by atomic mass is 16.5. The van der Waals surface area contributed by atoms with Gasteiger partial charge in [-0.05, 0) is 19.2 Å². The van der Waals surface area contributed by atoms with Gasteiger partial charge in [0.1, 0.15) is 0 Å². The number of hydrogen-bond donors (Lipinski definition) is 1. The number of likely N-dealkylation sites (N-methyl/N-ethyl adjacent to an activating group) is 1. The molecule has 7 heteroatoms. The zero-order valence-corrected chi connectivity index (χ0v) is 18.7. The van der Waals surface area contributed by atoms with Crippen molar-refractivity contribution in [1.29, 1.82) is 0 Å². The number of carbonyl (C=O) groups excluding carboxylic acids is 3. The first kappa shape index (κ1) is 22.2. The number of nitrogens with zero attached hydrogens (tertiary/aromatic N) is 1. The Bertz CT molecular complexity index is 1250. The minimum atomic E-state index is -0.299. The molecular weight excluding hydrogens is 420 g/mol. The number of fused-ring (bicyclic) bond motifs is 2. The maximum atomic E-state index is 13.1. The number of rotatable bonds is 7. The standard InChI is InChI=1S/C26H24N2O5/c1-28(14-16-8-6-13-21(32-2)26(16)33-3)15-22(29)27-20-12-7-11-19-23(20)25(31)18-10-5-4-9-17(18)24(19)30/h4-13H,14-15H2,1-3H3,(H,27,29). The molecule has 0 radical (unpaired) electrons. The van der Waals surface area contributed by atoms with Crippen LogP contribution < -0.4 is 14.8 Å². The van der Waals surface area contributed by atoms with Crippen molar-refractivity contribution < 1.29 is 23.9 Å². The Hall–Kier alpha value is -3.97. The van der Waals surface area contributed by atoms with Gasteiger partial charge in [-0.1, -0.05) is 48.5 Å². The van der Waals surface area contributed by atoms with E-state index in [1.165, 1.54) is 0 Å². The van der Waals surface area contributed by atoms with Gasteiger partial charge in [0, 0.05) is 28.8 Å². The van der Waals surface area contributed by atoms with E-state index in [0.29, 0.717) is 40.4 Å². The summed E-state index contributed by atoms with van der Waals surface area (Å²) < 4.78 is 10.8. The van der Waals surface area contributed by atoms with Crippen molar-refractivity contribution in [3.8, 4) is 11.5 Å². The van der Waals surface area contributed by atoms with Crippen LogP contribution in [0.25, 0.3) is 0 Å². The van der Waals surface area contributed by atoms with Crippen LogP contribution >= 0.6 is 0 Å². The van der Waals surface area contributed by atoms with Crippen LogP contribution in [0.4, 0.5) is 5.69 Å². The minimum Gasteiger partial charge on any atom is -0.493 e. The summed E-state index contributed by atoms with van der Waals surface area (Å²) >= 11 is 0. The molecule has 0 bridgehead atoms. The number of carbonyl (C=O) groups is 3. The fraction of sp³-hybridized carbons (Fsp3) is 0.192. The van der Waals surface area contributed by atoms with E-state index in [-0.39, 0.29) is 29.6 Å². The average molecular weight is 444 g/mol. The Labute approximate surface area is 191 Å². The van der Waals surface area contributed by atoms with Gasteiger partial charge in [-0.3, -0.25) is 19.3 Å². The zero-order chi connectivity index (χ0) is 23.5. The summed E-state index contributed by atoms with van der Waals surface area (Å²) in [7, 11) is 4.96. The van der Waals surface area contributed by atoms with Gasteiger partial charge in [0.15, 0.2) is 23.1 Å². The molecule has 33 heavy (non-hydrogen) atoms. The smallest absolute Gasteiger partial charge is 0.238 e. The van der Waals surface area contributed by atoms with E-state index in [2.05, 4.69) is 5.32 Å². The first-order chi connectivity index (χ1) is 15.9.